The van der Waals surface area contributed by atoms with E-state index in [0.29, 0.717) is 6.42 Å². The van der Waals surface area contributed by atoms with Gasteiger partial charge in [0.1, 0.15) is 0 Å². The van der Waals surface area contributed by atoms with E-state index in [1.54, 1.807) is 18.2 Å². The predicted octanol–water partition coefficient (Wildman–Crippen LogP) is 2.84. The van der Waals surface area contributed by atoms with Gasteiger partial charge in [-0.05, 0) is 25.3 Å². The minimum atomic E-state index is 0. The van der Waals surface area contributed by atoms with E-state index in [4.69, 9.17) is 0 Å². The molecule has 0 amide bonds. The molecule has 0 saturated carbocycles. The second kappa shape index (κ2) is 11.3. The van der Waals surface area contributed by atoms with Crippen molar-refractivity contribution < 1.29 is 21.6 Å². The van der Waals surface area contributed by atoms with Gasteiger partial charge in [-0.2, -0.15) is 0 Å². The molecule has 0 aromatic heterocycles. The minimum absolute atomic E-state index is 0. The monoisotopic (exact) mass is 247 g/mol. The zero-order valence-corrected chi connectivity index (χ0v) is 10.2. The average molecular weight is 248 g/mol. The van der Waals surface area contributed by atoms with Gasteiger partial charge in [0, 0.05) is 16.5 Å². The summed E-state index contributed by atoms with van der Waals surface area (Å²) in [6.07, 6.45) is 4.13. The molecule has 0 unspecified atom stereocenters. The topological polar surface area (TPSA) is 23.1 Å². The Balaban J connectivity index is 0. The van der Waals surface area contributed by atoms with Crippen LogP contribution < -0.4 is 5.11 Å². The number of hydrogen-bond acceptors (Lipinski definition) is 1. The van der Waals surface area contributed by atoms with Crippen molar-refractivity contribution >= 4 is 5.76 Å². The van der Waals surface area contributed by atoms with E-state index < -0.39 is 0 Å². The molecule has 0 aliphatic carbocycles. The molecule has 2 radical (unpaired) electrons. The Morgan fingerprint density at radius 3 is 2.13 bits per heavy atom. The molecule has 0 aliphatic rings. The van der Waals surface area contributed by atoms with Gasteiger partial charge in [0.05, 0.1) is 0 Å². The first-order valence-corrected chi connectivity index (χ1v) is 4.72. The number of rotatable bonds is 2. The molecule has 1 aromatic rings. The van der Waals surface area contributed by atoms with Crippen LogP contribution in [0.2, 0.25) is 0 Å². The Morgan fingerprint density at radius 1 is 1.27 bits per heavy atom. The second-order valence-corrected chi connectivity index (χ2v) is 2.80. The van der Waals surface area contributed by atoms with E-state index in [1.807, 2.05) is 38.5 Å². The molecule has 0 atom stereocenters. The molecule has 0 heterocycles. The fourth-order valence-electron chi connectivity index (χ4n) is 0.851. The molecule has 15 heavy (non-hydrogen) atoms. The van der Waals surface area contributed by atoms with Crippen molar-refractivity contribution in [1.29, 1.82) is 0 Å². The third kappa shape index (κ3) is 8.26. The molecule has 1 aromatic carbocycles. The van der Waals surface area contributed by atoms with Gasteiger partial charge in [-0.3, -0.25) is 0 Å². The summed E-state index contributed by atoms with van der Waals surface area (Å²) in [6.45, 7) is 7.57. The van der Waals surface area contributed by atoms with Crippen LogP contribution in [-0.2, 0) is 16.5 Å². The predicted molar refractivity (Wildman–Crippen MR) is 60.0 cm³/mol. The Kier molecular flexibility index (Phi) is 12.6. The van der Waals surface area contributed by atoms with Crippen LogP contribution >= 0.6 is 0 Å². The standard InChI is InChI=1S/C10H11O.C3H7.Ni/c1-2-6-10(11)9-7-4-3-5-8-9;1-3-2;/h3-8,11H,1-2H2;3H,1-2H3;/p-1/b10-6-;;. The van der Waals surface area contributed by atoms with Gasteiger partial charge in [0.25, 0.3) is 0 Å². The maximum atomic E-state index is 11.1. The Bertz CT molecular complexity index is 254. The fourth-order valence-corrected chi connectivity index (χ4v) is 0.851. The maximum Gasteiger partial charge on any atom is 0 e. The zero-order valence-electron chi connectivity index (χ0n) is 9.18. The number of hydrogen-bond donors (Lipinski definition) is 0. The molecule has 0 aliphatic heterocycles. The SMILES string of the molecule is C[CH]C.[CH2]C/C=C(\[O-])c1ccccc1.[Ni]. The van der Waals surface area contributed by atoms with E-state index in [0.717, 1.165) is 5.56 Å². The summed E-state index contributed by atoms with van der Waals surface area (Å²) in [7, 11) is 0. The smallest absolute Gasteiger partial charge is 0 e. The number of benzene rings is 1. The van der Waals surface area contributed by atoms with Crippen LogP contribution in [0.1, 0.15) is 25.8 Å². The van der Waals surface area contributed by atoms with E-state index in [-0.39, 0.29) is 22.3 Å². The first-order valence-electron chi connectivity index (χ1n) is 4.72. The van der Waals surface area contributed by atoms with Crippen LogP contribution in [0, 0.1) is 13.3 Å². The molecule has 2 heteroatoms. The number of allylic oxidation sites excluding steroid dienone is 1. The van der Waals surface area contributed by atoms with Crippen molar-refractivity contribution in [2.75, 3.05) is 0 Å². The van der Waals surface area contributed by atoms with Gasteiger partial charge in [-0.25, -0.2) is 0 Å². The summed E-state index contributed by atoms with van der Waals surface area (Å²) < 4.78 is 0. The Morgan fingerprint density at radius 2 is 1.73 bits per heavy atom. The minimum Gasteiger partial charge on any atom is -0.872 e. The molecule has 0 saturated heterocycles. The van der Waals surface area contributed by atoms with Crippen LogP contribution in [0.4, 0.5) is 0 Å². The normalized spacial score (nSPS) is 9.67. The van der Waals surface area contributed by atoms with Crippen molar-refractivity contribution in [3.63, 3.8) is 0 Å². The van der Waals surface area contributed by atoms with E-state index in [9.17, 15) is 5.11 Å². The van der Waals surface area contributed by atoms with E-state index >= 15 is 0 Å². The summed E-state index contributed by atoms with van der Waals surface area (Å²) >= 11 is 0. The quantitative estimate of drug-likeness (QED) is 0.582. The van der Waals surface area contributed by atoms with Crippen LogP contribution in [-0.4, -0.2) is 0 Å². The average Bonchev–Trinajstić information content (AvgIpc) is 2.21. The van der Waals surface area contributed by atoms with Crippen molar-refractivity contribution in [2.45, 2.75) is 20.3 Å². The van der Waals surface area contributed by atoms with Gasteiger partial charge in [0.15, 0.2) is 0 Å². The molecule has 0 spiro atoms. The fraction of sp³-hybridized carbons (Fsp3) is 0.231. The Hall–Kier alpha value is -0.746. The van der Waals surface area contributed by atoms with E-state index in [1.165, 1.54) is 0 Å². The molecule has 1 nitrogen and oxygen atoms in total. The molecule has 86 valence electrons. The molecular formula is C13H17NiO-. The summed E-state index contributed by atoms with van der Waals surface area (Å²) in [6, 6.07) is 9.19. The van der Waals surface area contributed by atoms with Gasteiger partial charge >= 0.3 is 0 Å². The third-order valence-electron chi connectivity index (χ3n) is 1.39. The van der Waals surface area contributed by atoms with Crippen molar-refractivity contribution in [3.8, 4) is 0 Å². The zero-order chi connectivity index (χ0) is 10.8. The first kappa shape index (κ1) is 16.7. The molecule has 0 fully saturated rings. The van der Waals surface area contributed by atoms with Gasteiger partial charge in [-0.1, -0.05) is 50.3 Å². The summed E-state index contributed by atoms with van der Waals surface area (Å²) in [5.41, 5.74) is 0.733. The van der Waals surface area contributed by atoms with Gasteiger partial charge < -0.3 is 5.11 Å². The molecular weight excluding hydrogens is 231 g/mol. The molecule has 0 N–H and O–H groups in total. The maximum absolute atomic E-state index is 11.1. The molecule has 0 bridgehead atoms. The summed E-state index contributed by atoms with van der Waals surface area (Å²) in [4.78, 5) is 0. The van der Waals surface area contributed by atoms with Crippen LogP contribution in [0.15, 0.2) is 36.4 Å². The molecule has 1 rings (SSSR count). The summed E-state index contributed by atoms with van der Waals surface area (Å²) in [5.74, 6) is 0.0561. The van der Waals surface area contributed by atoms with Crippen LogP contribution in [0.5, 0.6) is 0 Å². The van der Waals surface area contributed by atoms with Crippen molar-refractivity contribution in [3.05, 3.63) is 55.3 Å². The second-order valence-electron chi connectivity index (χ2n) is 2.80. The van der Waals surface area contributed by atoms with Gasteiger partial charge in [0.2, 0.25) is 0 Å². The van der Waals surface area contributed by atoms with Gasteiger partial charge in [-0.15, -0.1) is 5.76 Å². The van der Waals surface area contributed by atoms with Crippen molar-refractivity contribution in [1.82, 2.24) is 0 Å². The van der Waals surface area contributed by atoms with Crippen LogP contribution in [0.3, 0.4) is 0 Å². The first-order chi connectivity index (χ1) is 6.76. The summed E-state index contributed by atoms with van der Waals surface area (Å²) in [5, 5.41) is 11.1. The third-order valence-corrected chi connectivity index (χ3v) is 1.39. The van der Waals surface area contributed by atoms with Crippen LogP contribution in [0.25, 0.3) is 5.76 Å². The Labute approximate surface area is 103 Å². The van der Waals surface area contributed by atoms with Crippen molar-refractivity contribution in [2.24, 2.45) is 0 Å². The van der Waals surface area contributed by atoms with E-state index in [2.05, 4.69) is 6.92 Å². The largest absolute Gasteiger partial charge is 0.872 e.